The second-order valence-corrected chi connectivity index (χ2v) is 4.23. The van der Waals surface area contributed by atoms with Gasteiger partial charge in [0.15, 0.2) is 5.76 Å². The molecule has 0 bridgehead atoms. The van der Waals surface area contributed by atoms with Crippen molar-refractivity contribution in [2.24, 2.45) is 0 Å². The Morgan fingerprint density at radius 3 is 2.65 bits per heavy atom. The lowest BCUT2D eigenvalue weighted by molar-refractivity contribution is -0.113. The van der Waals surface area contributed by atoms with Crippen LogP contribution in [-0.4, -0.2) is 17.5 Å². The summed E-state index contributed by atoms with van der Waals surface area (Å²) < 4.78 is 5.40. The molecule has 20 heavy (non-hydrogen) atoms. The molecule has 3 nitrogen and oxygen atoms in total. The third kappa shape index (κ3) is 3.48. The molecule has 1 aliphatic rings. The number of aliphatic hydroxyl groups excluding tert-OH is 1. The maximum atomic E-state index is 11.4. The molecule has 0 unspecified atom stereocenters. The minimum Gasteiger partial charge on any atom is -0.504 e. The molecule has 0 aromatic heterocycles. The smallest absolute Gasteiger partial charge is 0.223 e. The molecule has 0 fully saturated rings. The number of hydrogen-bond acceptors (Lipinski definition) is 3. The van der Waals surface area contributed by atoms with Gasteiger partial charge in [0.25, 0.3) is 0 Å². The molecule has 3 heteroatoms. The van der Waals surface area contributed by atoms with E-state index >= 15 is 0 Å². The monoisotopic (exact) mass is 268 g/mol. The van der Waals surface area contributed by atoms with E-state index in [2.05, 4.69) is 0 Å². The molecule has 0 radical (unpaired) electrons. The van der Waals surface area contributed by atoms with E-state index in [0.717, 1.165) is 5.56 Å². The summed E-state index contributed by atoms with van der Waals surface area (Å²) in [7, 11) is 0. The molecule has 102 valence electrons. The van der Waals surface area contributed by atoms with Crippen molar-refractivity contribution in [2.45, 2.75) is 6.92 Å². The quantitative estimate of drug-likeness (QED) is 0.908. The molecule has 2 rings (SSSR count). The summed E-state index contributed by atoms with van der Waals surface area (Å²) in [6.07, 6.45) is 8.33. The van der Waals surface area contributed by atoms with Crippen LogP contribution in [-0.2, 0) is 9.53 Å². The maximum Gasteiger partial charge on any atom is 0.223 e. The van der Waals surface area contributed by atoms with Gasteiger partial charge in [0.05, 0.1) is 6.61 Å². The number of aliphatic hydroxyl groups is 1. The van der Waals surface area contributed by atoms with E-state index in [1.807, 2.05) is 49.4 Å². The largest absolute Gasteiger partial charge is 0.504 e. The van der Waals surface area contributed by atoms with E-state index in [4.69, 9.17) is 4.74 Å². The second kappa shape index (κ2) is 6.57. The topological polar surface area (TPSA) is 46.5 Å². The van der Waals surface area contributed by atoms with Gasteiger partial charge in [-0.25, -0.2) is 0 Å². The number of rotatable bonds is 4. The van der Waals surface area contributed by atoms with Crippen LogP contribution in [0.25, 0.3) is 6.08 Å². The first-order valence-corrected chi connectivity index (χ1v) is 6.44. The number of allylic oxidation sites excluding steroid dienone is 4. The summed E-state index contributed by atoms with van der Waals surface area (Å²) >= 11 is 0. The van der Waals surface area contributed by atoms with Crippen LogP contribution < -0.4 is 0 Å². The first-order valence-electron chi connectivity index (χ1n) is 6.44. The van der Waals surface area contributed by atoms with Gasteiger partial charge in [0.2, 0.25) is 5.78 Å². The summed E-state index contributed by atoms with van der Waals surface area (Å²) in [6, 6.07) is 9.87. The average Bonchev–Trinajstić information content (AvgIpc) is 2.45. The second-order valence-electron chi connectivity index (χ2n) is 4.23. The van der Waals surface area contributed by atoms with Crippen LogP contribution in [0.4, 0.5) is 0 Å². The molecular weight excluding hydrogens is 252 g/mol. The highest BCUT2D eigenvalue weighted by Crippen LogP contribution is 2.21. The number of ether oxygens (including phenoxy) is 1. The van der Waals surface area contributed by atoms with Gasteiger partial charge < -0.3 is 9.84 Å². The number of carbonyl (C=O) groups is 1. The molecular formula is C17H16O3. The molecule has 0 saturated carbocycles. The molecule has 1 N–H and O–H groups in total. The Kier molecular flexibility index (Phi) is 4.56. The SMILES string of the molecule is CCOC1=CC(=O)C(O)=CC1=CC=Cc1ccccc1. The molecule has 0 amide bonds. The van der Waals surface area contributed by atoms with Gasteiger partial charge in [0, 0.05) is 11.6 Å². The lowest BCUT2D eigenvalue weighted by Crippen LogP contribution is -2.08. The van der Waals surface area contributed by atoms with Gasteiger partial charge >= 0.3 is 0 Å². The number of ketones is 1. The van der Waals surface area contributed by atoms with Crippen molar-refractivity contribution >= 4 is 11.9 Å². The molecule has 0 atom stereocenters. The summed E-state index contributed by atoms with van der Waals surface area (Å²) in [5.41, 5.74) is 1.75. The van der Waals surface area contributed by atoms with Crippen LogP contribution >= 0.6 is 0 Å². The van der Waals surface area contributed by atoms with E-state index in [1.165, 1.54) is 12.2 Å². The Bertz CT molecular complexity index is 604. The minimum absolute atomic E-state index is 0.271. The maximum absolute atomic E-state index is 11.4. The average molecular weight is 268 g/mol. The van der Waals surface area contributed by atoms with Gasteiger partial charge in [-0.15, -0.1) is 0 Å². The summed E-state index contributed by atoms with van der Waals surface area (Å²) in [5, 5.41) is 9.50. The zero-order chi connectivity index (χ0) is 14.4. The van der Waals surface area contributed by atoms with Crippen LogP contribution in [0.1, 0.15) is 12.5 Å². The molecule has 0 spiro atoms. The fourth-order valence-electron chi connectivity index (χ4n) is 1.80. The lowest BCUT2D eigenvalue weighted by atomic mass is 10.0. The van der Waals surface area contributed by atoms with Crippen molar-refractivity contribution in [2.75, 3.05) is 6.61 Å². The Morgan fingerprint density at radius 2 is 1.95 bits per heavy atom. The fraction of sp³-hybridized carbons (Fsp3) is 0.118. The summed E-state index contributed by atoms with van der Waals surface area (Å²) in [5.74, 6) is -0.224. The van der Waals surface area contributed by atoms with Crippen molar-refractivity contribution in [1.82, 2.24) is 0 Å². The predicted octanol–water partition coefficient (Wildman–Crippen LogP) is 3.57. The van der Waals surface area contributed by atoms with Crippen molar-refractivity contribution in [3.05, 3.63) is 77.3 Å². The predicted molar refractivity (Wildman–Crippen MR) is 79.0 cm³/mol. The minimum atomic E-state index is -0.433. The normalized spacial score (nSPS) is 17.2. The van der Waals surface area contributed by atoms with Crippen LogP contribution in [0.2, 0.25) is 0 Å². The first-order chi connectivity index (χ1) is 9.70. The highest BCUT2D eigenvalue weighted by Gasteiger charge is 2.17. The third-order valence-electron chi connectivity index (χ3n) is 2.76. The highest BCUT2D eigenvalue weighted by molar-refractivity contribution is 6.04. The van der Waals surface area contributed by atoms with Crippen LogP contribution in [0.3, 0.4) is 0 Å². The zero-order valence-electron chi connectivity index (χ0n) is 11.2. The Hall–Kier alpha value is -2.55. The van der Waals surface area contributed by atoms with Gasteiger partial charge in [-0.05, 0) is 18.6 Å². The van der Waals surface area contributed by atoms with E-state index in [0.29, 0.717) is 17.9 Å². The number of benzene rings is 1. The molecule has 0 heterocycles. The summed E-state index contributed by atoms with van der Waals surface area (Å²) in [4.78, 5) is 11.4. The van der Waals surface area contributed by atoms with Gasteiger partial charge in [-0.3, -0.25) is 4.79 Å². The van der Waals surface area contributed by atoms with Crippen LogP contribution in [0.15, 0.2) is 71.7 Å². The Labute approximate surface area is 118 Å². The van der Waals surface area contributed by atoms with E-state index < -0.39 is 5.78 Å². The number of hydrogen-bond donors (Lipinski definition) is 1. The zero-order valence-corrected chi connectivity index (χ0v) is 11.2. The summed E-state index contributed by atoms with van der Waals surface area (Å²) in [6.45, 7) is 2.31. The van der Waals surface area contributed by atoms with Crippen molar-refractivity contribution in [3.8, 4) is 0 Å². The Morgan fingerprint density at radius 1 is 1.20 bits per heavy atom. The highest BCUT2D eigenvalue weighted by atomic mass is 16.5. The van der Waals surface area contributed by atoms with Gasteiger partial charge in [0.1, 0.15) is 5.76 Å². The fourth-order valence-corrected chi connectivity index (χ4v) is 1.80. The van der Waals surface area contributed by atoms with Crippen LogP contribution in [0.5, 0.6) is 0 Å². The Balaban J connectivity index is 2.20. The van der Waals surface area contributed by atoms with Crippen molar-refractivity contribution in [3.63, 3.8) is 0 Å². The lowest BCUT2D eigenvalue weighted by Gasteiger charge is -2.13. The van der Waals surface area contributed by atoms with E-state index in [-0.39, 0.29) is 5.76 Å². The molecule has 1 aromatic rings. The molecule has 0 saturated heterocycles. The van der Waals surface area contributed by atoms with Crippen molar-refractivity contribution < 1.29 is 14.6 Å². The van der Waals surface area contributed by atoms with Gasteiger partial charge in [-0.1, -0.05) is 48.6 Å². The standard InChI is InChI=1S/C17H16O3/c1-2-20-17-12-16(19)15(18)11-14(17)10-6-9-13-7-4-3-5-8-13/h3-12,18H,2H2,1H3. The molecule has 1 aromatic carbocycles. The van der Waals surface area contributed by atoms with Gasteiger partial charge in [-0.2, -0.15) is 0 Å². The van der Waals surface area contributed by atoms with E-state index in [1.54, 1.807) is 6.08 Å². The number of carbonyl (C=O) groups excluding carboxylic acids is 1. The first kappa shape index (κ1) is 13.9. The van der Waals surface area contributed by atoms with Crippen LogP contribution in [0, 0.1) is 0 Å². The molecule has 0 aliphatic heterocycles. The third-order valence-corrected chi connectivity index (χ3v) is 2.76. The molecule has 1 aliphatic carbocycles. The van der Waals surface area contributed by atoms with Crippen molar-refractivity contribution in [1.29, 1.82) is 0 Å². The van der Waals surface area contributed by atoms with E-state index in [9.17, 15) is 9.90 Å².